The van der Waals surface area contributed by atoms with Crippen LogP contribution in [0.25, 0.3) is 10.2 Å². The minimum Gasteiger partial charge on any atom is -0.465 e. The van der Waals surface area contributed by atoms with Gasteiger partial charge in [0.15, 0.2) is 0 Å². The average molecular weight is 477 g/mol. The van der Waals surface area contributed by atoms with Gasteiger partial charge in [-0.15, -0.1) is 11.3 Å². The molecular weight excluding hydrogens is 448 g/mol. The lowest BCUT2D eigenvalue weighted by Gasteiger charge is -2.34. The first-order valence-corrected chi connectivity index (χ1v) is 12.5. The van der Waals surface area contributed by atoms with E-state index in [4.69, 9.17) is 9.40 Å². The highest BCUT2D eigenvalue weighted by molar-refractivity contribution is 7.17. The van der Waals surface area contributed by atoms with E-state index in [0.29, 0.717) is 35.8 Å². The summed E-state index contributed by atoms with van der Waals surface area (Å²) < 4.78 is 7.99. The zero-order valence-corrected chi connectivity index (χ0v) is 20.2. The number of fused-ring (bicyclic) bond motifs is 1. The van der Waals surface area contributed by atoms with Gasteiger partial charge in [-0.2, -0.15) is 0 Å². The number of hydrogen-bond acceptors (Lipinski definition) is 6. The van der Waals surface area contributed by atoms with E-state index >= 15 is 0 Å². The number of nitrogens with one attached hydrogen (secondary N) is 1. The quantitative estimate of drug-likeness (QED) is 0.450. The molecule has 0 unspecified atom stereocenters. The molecule has 4 aromatic rings. The number of furan rings is 1. The summed E-state index contributed by atoms with van der Waals surface area (Å²) in [6.07, 6.45) is 1.67. The highest BCUT2D eigenvalue weighted by Crippen LogP contribution is 2.25. The van der Waals surface area contributed by atoms with E-state index in [1.165, 1.54) is 16.9 Å². The standard InChI is InChI=1S/C26H28N4O3S/c1-17-5-8-19(9-6-17)15-30-25(32)23-22(11-13-34-23)28-26(30)29-12-3-4-20(16-29)24(31)27-14-21-10-7-18(2)33-21/h5-11,13,20H,3-4,12,14-16H2,1-2H3,(H,27,31)/t20-/m0/s1. The van der Waals surface area contributed by atoms with Gasteiger partial charge in [0.25, 0.3) is 5.56 Å². The molecule has 34 heavy (non-hydrogen) atoms. The molecule has 1 aromatic carbocycles. The van der Waals surface area contributed by atoms with E-state index < -0.39 is 0 Å². The monoisotopic (exact) mass is 476 g/mol. The average Bonchev–Trinajstić information content (AvgIpc) is 3.49. The number of thiophene rings is 1. The molecular formula is C26H28N4O3S. The van der Waals surface area contributed by atoms with Crippen molar-refractivity contribution in [3.05, 3.63) is 80.8 Å². The van der Waals surface area contributed by atoms with Crippen molar-refractivity contribution in [3.8, 4) is 0 Å². The van der Waals surface area contributed by atoms with Crippen LogP contribution in [0.4, 0.5) is 5.95 Å². The largest absolute Gasteiger partial charge is 0.465 e. The zero-order valence-electron chi connectivity index (χ0n) is 19.4. The van der Waals surface area contributed by atoms with Crippen LogP contribution in [0.2, 0.25) is 0 Å². The van der Waals surface area contributed by atoms with Crippen LogP contribution in [0.3, 0.4) is 0 Å². The summed E-state index contributed by atoms with van der Waals surface area (Å²) >= 11 is 1.42. The van der Waals surface area contributed by atoms with E-state index in [1.807, 2.05) is 49.6 Å². The van der Waals surface area contributed by atoms with Crippen molar-refractivity contribution in [1.82, 2.24) is 14.9 Å². The van der Waals surface area contributed by atoms with Crippen molar-refractivity contribution >= 4 is 33.4 Å². The Morgan fingerprint density at radius 2 is 2.00 bits per heavy atom. The number of benzene rings is 1. The third kappa shape index (κ3) is 4.63. The molecule has 1 aliphatic heterocycles. The molecule has 1 N–H and O–H groups in total. The molecule has 0 bridgehead atoms. The molecule has 1 saturated heterocycles. The first-order valence-electron chi connectivity index (χ1n) is 11.6. The maximum absolute atomic E-state index is 13.4. The Labute approximate surface area is 202 Å². The summed E-state index contributed by atoms with van der Waals surface area (Å²) in [5.41, 5.74) is 2.91. The molecule has 4 heterocycles. The smallest absolute Gasteiger partial charge is 0.273 e. The van der Waals surface area contributed by atoms with Gasteiger partial charge in [0.2, 0.25) is 11.9 Å². The van der Waals surface area contributed by atoms with Gasteiger partial charge in [-0.1, -0.05) is 29.8 Å². The SMILES string of the molecule is Cc1ccc(Cn2c(N3CCC[C@H](C(=O)NCc4ccc(C)o4)C3)nc3ccsc3c2=O)cc1. The topological polar surface area (TPSA) is 80.4 Å². The van der Waals surface area contributed by atoms with Crippen LogP contribution in [0.5, 0.6) is 0 Å². The van der Waals surface area contributed by atoms with Crippen LogP contribution in [0.15, 0.2) is 57.1 Å². The number of carbonyl (C=O) groups is 1. The molecule has 8 heteroatoms. The molecule has 0 spiro atoms. The van der Waals surface area contributed by atoms with Gasteiger partial charge in [-0.25, -0.2) is 4.98 Å². The third-order valence-corrected chi connectivity index (χ3v) is 7.21. The predicted octanol–water partition coefficient (Wildman–Crippen LogP) is 4.25. The van der Waals surface area contributed by atoms with Gasteiger partial charge in [0.05, 0.1) is 24.5 Å². The van der Waals surface area contributed by atoms with Crippen molar-refractivity contribution in [2.45, 2.75) is 39.8 Å². The lowest BCUT2D eigenvalue weighted by atomic mass is 9.97. The van der Waals surface area contributed by atoms with E-state index in [9.17, 15) is 9.59 Å². The minimum atomic E-state index is -0.173. The highest BCUT2D eigenvalue weighted by Gasteiger charge is 2.29. The lowest BCUT2D eigenvalue weighted by molar-refractivity contribution is -0.125. The van der Waals surface area contributed by atoms with Crippen molar-refractivity contribution < 1.29 is 9.21 Å². The Kier molecular flexibility index (Phi) is 6.24. The first-order chi connectivity index (χ1) is 16.5. The van der Waals surface area contributed by atoms with Crippen LogP contribution in [0, 0.1) is 19.8 Å². The molecule has 1 atom stereocenters. The summed E-state index contributed by atoms with van der Waals surface area (Å²) in [5, 5.41) is 4.91. The van der Waals surface area contributed by atoms with Crippen molar-refractivity contribution in [3.63, 3.8) is 0 Å². The molecule has 1 amide bonds. The van der Waals surface area contributed by atoms with E-state index in [-0.39, 0.29) is 17.4 Å². The molecule has 176 valence electrons. The van der Waals surface area contributed by atoms with E-state index in [0.717, 1.165) is 36.5 Å². The molecule has 0 saturated carbocycles. The molecule has 0 radical (unpaired) electrons. The maximum Gasteiger partial charge on any atom is 0.273 e. The molecule has 7 nitrogen and oxygen atoms in total. The van der Waals surface area contributed by atoms with Gasteiger partial charge < -0.3 is 14.6 Å². The fourth-order valence-corrected chi connectivity index (χ4v) is 5.24. The maximum atomic E-state index is 13.4. The van der Waals surface area contributed by atoms with Crippen molar-refractivity contribution in [2.75, 3.05) is 18.0 Å². The number of piperidine rings is 1. The van der Waals surface area contributed by atoms with Gasteiger partial charge in [-0.05, 0) is 55.8 Å². The van der Waals surface area contributed by atoms with E-state index in [2.05, 4.69) is 22.3 Å². The van der Waals surface area contributed by atoms with Gasteiger partial charge in [0, 0.05) is 13.1 Å². The van der Waals surface area contributed by atoms with Crippen molar-refractivity contribution in [1.29, 1.82) is 0 Å². The zero-order chi connectivity index (χ0) is 23.7. The molecule has 5 rings (SSSR count). The number of aryl methyl sites for hydroxylation is 2. The number of rotatable bonds is 6. The number of anilines is 1. The molecule has 0 aliphatic carbocycles. The number of amides is 1. The number of hydrogen-bond donors (Lipinski definition) is 1. The third-order valence-electron chi connectivity index (χ3n) is 6.31. The summed E-state index contributed by atoms with van der Waals surface area (Å²) in [5.74, 6) is 2.04. The van der Waals surface area contributed by atoms with Gasteiger partial charge in [0.1, 0.15) is 16.2 Å². The Hall–Kier alpha value is -3.39. The van der Waals surface area contributed by atoms with Crippen LogP contribution >= 0.6 is 11.3 Å². The molecule has 1 fully saturated rings. The fourth-order valence-electron chi connectivity index (χ4n) is 4.46. The summed E-state index contributed by atoms with van der Waals surface area (Å²) in [6, 6.07) is 13.9. The second kappa shape index (κ2) is 9.46. The summed E-state index contributed by atoms with van der Waals surface area (Å²) in [7, 11) is 0. The normalized spacial score (nSPS) is 16.2. The Balaban J connectivity index is 1.40. The molecule has 3 aromatic heterocycles. The summed E-state index contributed by atoms with van der Waals surface area (Å²) in [4.78, 5) is 33.3. The Morgan fingerprint density at radius 3 is 2.76 bits per heavy atom. The van der Waals surface area contributed by atoms with Crippen molar-refractivity contribution in [2.24, 2.45) is 5.92 Å². The number of carbonyl (C=O) groups excluding carboxylic acids is 1. The fraction of sp³-hybridized carbons (Fsp3) is 0.346. The van der Waals surface area contributed by atoms with E-state index in [1.54, 1.807) is 4.57 Å². The lowest BCUT2D eigenvalue weighted by Crippen LogP contribution is -2.45. The Morgan fingerprint density at radius 1 is 1.18 bits per heavy atom. The molecule has 1 aliphatic rings. The second-order valence-corrected chi connectivity index (χ2v) is 9.86. The van der Waals surface area contributed by atoms with Gasteiger partial charge >= 0.3 is 0 Å². The minimum absolute atomic E-state index is 0.00259. The second-order valence-electron chi connectivity index (χ2n) is 8.94. The van der Waals surface area contributed by atoms with Crippen LogP contribution in [-0.2, 0) is 17.9 Å². The Bertz CT molecular complexity index is 1370. The highest BCUT2D eigenvalue weighted by atomic mass is 32.1. The van der Waals surface area contributed by atoms with Crippen LogP contribution < -0.4 is 15.8 Å². The number of nitrogens with zero attached hydrogens (tertiary/aromatic N) is 3. The van der Waals surface area contributed by atoms with Crippen LogP contribution in [-0.4, -0.2) is 28.5 Å². The summed E-state index contributed by atoms with van der Waals surface area (Å²) in [6.45, 7) is 6.04. The van der Waals surface area contributed by atoms with Crippen LogP contribution in [0.1, 0.15) is 35.5 Å². The van der Waals surface area contributed by atoms with Gasteiger partial charge in [-0.3, -0.25) is 14.2 Å². The predicted molar refractivity (Wildman–Crippen MR) is 134 cm³/mol. The number of aromatic nitrogens is 2. The first kappa shape index (κ1) is 22.4.